The molecular weight excluding hydrogens is 683 g/mol. The number of nitrogens with one attached hydrogen (secondary N) is 1. The summed E-state index contributed by atoms with van der Waals surface area (Å²) in [7, 11) is -8.68. The molecule has 0 spiro atoms. The Hall–Kier alpha value is -2.20. The fourth-order valence-electron chi connectivity index (χ4n) is 4.70. The number of rotatable bonds is 18. The van der Waals surface area contributed by atoms with Crippen molar-refractivity contribution in [2.45, 2.75) is 127 Å². The molecule has 0 saturated heterocycles. The molecule has 0 heterocycles. The SMILES string of the molecule is Cc1ccc(S(=O)(=O)N[C@@H](CO[Si](C)(C)C(C)(C)C)[C@@H](OCc2ccccc2)[C@H](OCc2ccccc2)[C@H](O)CO[Si](C)(C)C(C)(C)C)cc1. The highest BCUT2D eigenvalue weighted by molar-refractivity contribution is 7.89. The van der Waals surface area contributed by atoms with Crippen molar-refractivity contribution in [1.82, 2.24) is 4.72 Å². The van der Waals surface area contributed by atoms with Crippen molar-refractivity contribution in [3.8, 4) is 0 Å². The molecule has 0 radical (unpaired) electrons. The summed E-state index contributed by atoms with van der Waals surface area (Å²) in [5.74, 6) is 0. The molecule has 0 aliphatic carbocycles. The zero-order valence-electron chi connectivity index (χ0n) is 32.0. The quantitative estimate of drug-likeness (QED) is 0.127. The van der Waals surface area contributed by atoms with Gasteiger partial charge in [-0.25, -0.2) is 13.1 Å². The average molecular weight is 744 g/mol. The number of ether oxygens (including phenoxy) is 2. The van der Waals surface area contributed by atoms with Gasteiger partial charge < -0.3 is 23.4 Å². The third-order valence-electron chi connectivity index (χ3n) is 10.2. The van der Waals surface area contributed by atoms with E-state index < -0.39 is 51.0 Å². The number of sulfonamides is 1. The van der Waals surface area contributed by atoms with E-state index in [0.29, 0.717) is 0 Å². The summed E-state index contributed by atoms with van der Waals surface area (Å²) in [6.45, 7) is 23.7. The van der Waals surface area contributed by atoms with E-state index in [1.54, 1.807) is 24.3 Å². The first kappa shape index (κ1) is 42.2. The van der Waals surface area contributed by atoms with Gasteiger partial charge in [-0.15, -0.1) is 0 Å². The van der Waals surface area contributed by atoms with Crippen molar-refractivity contribution in [2.24, 2.45) is 0 Å². The monoisotopic (exact) mass is 743 g/mol. The van der Waals surface area contributed by atoms with Gasteiger partial charge in [-0.05, 0) is 66.4 Å². The maximum absolute atomic E-state index is 14.1. The summed E-state index contributed by atoms with van der Waals surface area (Å²) >= 11 is 0. The summed E-state index contributed by atoms with van der Waals surface area (Å²) in [5, 5.41) is 11.8. The predicted octanol–water partition coefficient (Wildman–Crippen LogP) is 8.22. The first-order valence-electron chi connectivity index (χ1n) is 17.5. The van der Waals surface area contributed by atoms with Crippen molar-refractivity contribution in [3.63, 3.8) is 0 Å². The molecule has 0 bridgehead atoms. The Morgan fingerprint density at radius 2 is 1.08 bits per heavy atom. The molecule has 3 rings (SSSR count). The maximum atomic E-state index is 14.1. The van der Waals surface area contributed by atoms with Crippen LogP contribution in [0.25, 0.3) is 0 Å². The number of hydrogen-bond acceptors (Lipinski definition) is 7. The van der Waals surface area contributed by atoms with E-state index >= 15 is 0 Å². The molecule has 2 N–H and O–H groups in total. The van der Waals surface area contributed by atoms with Crippen LogP contribution in [-0.2, 0) is 41.6 Å². The van der Waals surface area contributed by atoms with E-state index in [0.717, 1.165) is 16.7 Å². The molecular formula is C39H61NO7SSi2. The minimum atomic E-state index is -4.04. The molecule has 3 aromatic rings. The Balaban J connectivity index is 2.13. The Bertz CT molecular complexity index is 1560. The van der Waals surface area contributed by atoms with E-state index in [4.69, 9.17) is 18.3 Å². The molecule has 0 saturated carbocycles. The Morgan fingerprint density at radius 1 is 0.660 bits per heavy atom. The lowest BCUT2D eigenvalue weighted by Crippen LogP contribution is -2.58. The van der Waals surface area contributed by atoms with Crippen LogP contribution in [0.3, 0.4) is 0 Å². The summed E-state index contributed by atoms with van der Waals surface area (Å²) in [6, 6.07) is 25.2. The van der Waals surface area contributed by atoms with Gasteiger partial charge >= 0.3 is 0 Å². The van der Waals surface area contributed by atoms with Crippen LogP contribution in [-0.4, -0.2) is 67.7 Å². The number of hydrogen-bond donors (Lipinski definition) is 2. The Kier molecular flexibility index (Phi) is 14.8. The van der Waals surface area contributed by atoms with Crippen LogP contribution >= 0.6 is 0 Å². The first-order chi connectivity index (χ1) is 23.1. The van der Waals surface area contributed by atoms with Crippen LogP contribution in [0, 0.1) is 6.92 Å². The first-order valence-corrected chi connectivity index (χ1v) is 24.8. The highest BCUT2D eigenvalue weighted by atomic mass is 32.2. The van der Waals surface area contributed by atoms with Crippen LogP contribution in [0.1, 0.15) is 58.2 Å². The smallest absolute Gasteiger partial charge is 0.240 e. The minimum absolute atomic E-state index is 0.00166. The molecule has 11 heteroatoms. The minimum Gasteiger partial charge on any atom is -0.415 e. The number of aryl methyl sites for hydroxylation is 1. The van der Waals surface area contributed by atoms with Crippen molar-refractivity contribution in [1.29, 1.82) is 0 Å². The van der Waals surface area contributed by atoms with Gasteiger partial charge in [0.1, 0.15) is 18.3 Å². The van der Waals surface area contributed by atoms with Gasteiger partial charge in [-0.1, -0.05) is 120 Å². The summed E-state index contributed by atoms with van der Waals surface area (Å²) in [6.07, 6.45) is -3.10. The van der Waals surface area contributed by atoms with E-state index in [-0.39, 0.29) is 41.4 Å². The van der Waals surface area contributed by atoms with Crippen LogP contribution in [0.4, 0.5) is 0 Å². The van der Waals surface area contributed by atoms with Crippen molar-refractivity contribution in [2.75, 3.05) is 13.2 Å². The molecule has 0 aliphatic heterocycles. The van der Waals surface area contributed by atoms with Crippen molar-refractivity contribution >= 4 is 26.7 Å². The van der Waals surface area contributed by atoms with E-state index in [2.05, 4.69) is 72.5 Å². The molecule has 0 unspecified atom stereocenters. The van der Waals surface area contributed by atoms with Crippen LogP contribution < -0.4 is 4.72 Å². The molecule has 8 nitrogen and oxygen atoms in total. The second kappa shape index (κ2) is 17.5. The van der Waals surface area contributed by atoms with Crippen LogP contribution in [0.2, 0.25) is 36.3 Å². The average Bonchev–Trinajstić information content (AvgIpc) is 3.03. The molecule has 278 valence electrons. The molecule has 50 heavy (non-hydrogen) atoms. The van der Waals surface area contributed by atoms with Gasteiger partial charge in [-0.3, -0.25) is 0 Å². The van der Waals surface area contributed by atoms with Crippen LogP contribution in [0.15, 0.2) is 89.8 Å². The standard InChI is InChI=1S/C39H61NO7SSi2/c1-30-22-24-33(25-23-30)48(42,43)40-34(28-46-49(8,9)38(2,3)4)36(44-26-31-18-14-12-15-19-31)37(45-27-32-20-16-13-17-21-32)35(41)29-47-50(10,11)39(5,6)7/h12-25,34-37,40-41H,26-29H2,1-11H3/t34-,35+,36+,37+/m0/s1. The van der Waals surface area contributed by atoms with E-state index in [9.17, 15) is 13.5 Å². The van der Waals surface area contributed by atoms with Gasteiger partial charge in [0.05, 0.1) is 37.4 Å². The number of benzene rings is 3. The van der Waals surface area contributed by atoms with Gasteiger partial charge in [0.25, 0.3) is 0 Å². The molecule has 0 fully saturated rings. The fourth-order valence-corrected chi connectivity index (χ4v) is 7.98. The summed E-state index contributed by atoms with van der Waals surface area (Å²) < 4.78 is 57.6. The lowest BCUT2D eigenvalue weighted by Gasteiger charge is -2.41. The highest BCUT2D eigenvalue weighted by Gasteiger charge is 2.44. The zero-order chi connectivity index (χ0) is 37.4. The van der Waals surface area contributed by atoms with Crippen molar-refractivity contribution < 1.29 is 31.9 Å². The second-order valence-electron chi connectivity index (χ2n) is 16.3. The summed E-state index contributed by atoms with van der Waals surface area (Å²) in [4.78, 5) is 0.130. The molecule has 4 atom stereocenters. The Morgan fingerprint density at radius 3 is 1.52 bits per heavy atom. The zero-order valence-corrected chi connectivity index (χ0v) is 34.8. The highest BCUT2D eigenvalue weighted by Crippen LogP contribution is 2.38. The van der Waals surface area contributed by atoms with Crippen molar-refractivity contribution in [3.05, 3.63) is 102 Å². The second-order valence-corrected chi connectivity index (χ2v) is 27.6. The molecule has 0 aromatic heterocycles. The van der Waals surface area contributed by atoms with Gasteiger partial charge in [0, 0.05) is 0 Å². The largest absolute Gasteiger partial charge is 0.415 e. The molecule has 0 amide bonds. The fraction of sp³-hybridized carbons (Fsp3) is 0.538. The van der Waals surface area contributed by atoms with Gasteiger partial charge in [0.2, 0.25) is 10.0 Å². The molecule has 3 aromatic carbocycles. The maximum Gasteiger partial charge on any atom is 0.240 e. The third-order valence-corrected chi connectivity index (χ3v) is 20.7. The topological polar surface area (TPSA) is 103 Å². The predicted molar refractivity (Wildman–Crippen MR) is 208 cm³/mol. The lowest BCUT2D eigenvalue weighted by atomic mass is 10.0. The van der Waals surface area contributed by atoms with Crippen LogP contribution in [0.5, 0.6) is 0 Å². The van der Waals surface area contributed by atoms with E-state index in [1.165, 1.54) is 0 Å². The normalized spacial score (nSPS) is 15.8. The Labute approximate surface area is 304 Å². The van der Waals surface area contributed by atoms with E-state index in [1.807, 2.05) is 67.6 Å². The summed E-state index contributed by atoms with van der Waals surface area (Å²) in [5.41, 5.74) is 2.76. The van der Waals surface area contributed by atoms with Gasteiger partial charge in [0.15, 0.2) is 16.6 Å². The van der Waals surface area contributed by atoms with Gasteiger partial charge in [-0.2, -0.15) is 0 Å². The molecule has 0 aliphatic rings. The number of aliphatic hydroxyl groups excluding tert-OH is 1. The lowest BCUT2D eigenvalue weighted by molar-refractivity contribution is -0.150. The number of aliphatic hydroxyl groups is 1. The third kappa shape index (κ3) is 12.2.